The van der Waals surface area contributed by atoms with Crippen molar-refractivity contribution < 1.29 is 4.74 Å². The summed E-state index contributed by atoms with van der Waals surface area (Å²) in [6.45, 7) is 27.5. The predicted molar refractivity (Wildman–Crippen MR) is 208 cm³/mol. The molecular formula is C43H56N4OS. The highest BCUT2D eigenvalue weighted by molar-refractivity contribution is 7.15. The highest BCUT2D eigenvalue weighted by Crippen LogP contribution is 2.40. The number of pyridine rings is 1. The molecule has 5 nitrogen and oxygen atoms in total. The van der Waals surface area contributed by atoms with Crippen molar-refractivity contribution in [3.05, 3.63) is 93.7 Å². The van der Waals surface area contributed by atoms with Crippen molar-refractivity contribution in [1.29, 1.82) is 0 Å². The highest BCUT2D eigenvalue weighted by atomic mass is 32.1. The first kappa shape index (κ1) is 36.6. The Kier molecular flexibility index (Phi) is 10.4. The van der Waals surface area contributed by atoms with Crippen molar-refractivity contribution in [2.75, 3.05) is 18.8 Å². The van der Waals surface area contributed by atoms with Crippen molar-refractivity contribution >= 4 is 17.2 Å². The summed E-state index contributed by atoms with van der Waals surface area (Å²) in [4.78, 5) is 13.1. The lowest BCUT2D eigenvalue weighted by Gasteiger charge is -2.40. The third-order valence-corrected chi connectivity index (χ3v) is 10.9. The largest absolute Gasteiger partial charge is 0.485 e. The molecule has 6 heteroatoms. The first-order valence-electron chi connectivity index (χ1n) is 17.7. The van der Waals surface area contributed by atoms with Crippen molar-refractivity contribution in [2.24, 2.45) is 0 Å². The third-order valence-electron chi connectivity index (χ3n) is 9.66. The highest BCUT2D eigenvalue weighted by Gasteiger charge is 2.30. The Morgan fingerprint density at radius 1 is 0.857 bits per heavy atom. The Morgan fingerprint density at radius 2 is 1.53 bits per heavy atom. The Morgan fingerprint density at radius 3 is 2.14 bits per heavy atom. The van der Waals surface area contributed by atoms with Crippen LogP contribution < -0.4 is 10.5 Å². The number of nitrogens with zero attached hydrogens (tertiary/aromatic N) is 3. The van der Waals surface area contributed by atoms with Crippen LogP contribution in [-0.2, 0) is 22.9 Å². The van der Waals surface area contributed by atoms with Crippen LogP contribution in [0.1, 0.15) is 128 Å². The summed E-state index contributed by atoms with van der Waals surface area (Å²) in [6.07, 6.45) is 6.10. The number of likely N-dealkylation sites (tertiary alicyclic amines) is 1. The lowest BCUT2D eigenvalue weighted by Crippen LogP contribution is -2.45. The van der Waals surface area contributed by atoms with Crippen LogP contribution in [0.25, 0.3) is 10.4 Å². The number of rotatable bonds is 6. The zero-order valence-electron chi connectivity index (χ0n) is 31.6. The Hall–Kier alpha value is -3.66. The molecule has 0 radical (unpaired) electrons. The molecule has 1 aliphatic rings. The number of benzene rings is 2. The van der Waals surface area contributed by atoms with Gasteiger partial charge in [0, 0.05) is 35.0 Å². The van der Waals surface area contributed by atoms with Gasteiger partial charge in [0.2, 0.25) is 0 Å². The molecule has 1 saturated heterocycles. The first-order chi connectivity index (χ1) is 22.8. The monoisotopic (exact) mass is 676 g/mol. The maximum atomic E-state index is 6.57. The van der Waals surface area contributed by atoms with Crippen molar-refractivity contribution in [2.45, 2.75) is 123 Å². The molecule has 1 fully saturated rings. The van der Waals surface area contributed by atoms with Gasteiger partial charge in [0.1, 0.15) is 6.61 Å². The van der Waals surface area contributed by atoms with Crippen LogP contribution in [0.2, 0.25) is 0 Å². The molecule has 0 unspecified atom stereocenters. The number of hydrogen-bond donors (Lipinski definition) is 1. The number of thiazole rings is 1. The van der Waals surface area contributed by atoms with Crippen LogP contribution in [-0.4, -0.2) is 33.5 Å². The van der Waals surface area contributed by atoms with Crippen LogP contribution in [0.3, 0.4) is 0 Å². The minimum Gasteiger partial charge on any atom is -0.485 e. The van der Waals surface area contributed by atoms with Gasteiger partial charge < -0.3 is 10.5 Å². The number of aromatic nitrogens is 2. The average Bonchev–Trinajstić information content (AvgIpc) is 3.53. The number of nitrogen functional groups attached to an aromatic ring is 1. The van der Waals surface area contributed by atoms with E-state index in [4.69, 9.17) is 15.5 Å². The standard InChI is InChI=1S/C43H56N4OS/c1-40(2,3)34-24-29(17-20-43(10,11)33-15-13-12-14-16-33)23-32(37(34)41(4,5)6)28-48-35-25-31(26-45-38(35)44)36-27-46-39(49-36)30-18-21-47(22-19-30)42(7,8)9/h12-16,23-27,30H,18-19,21-22,28H2,1-11H3,(H2,44,45). The molecule has 2 aromatic carbocycles. The molecule has 5 rings (SSSR count). The molecule has 0 spiro atoms. The molecule has 0 amide bonds. The average molecular weight is 677 g/mol. The number of hydrogen-bond acceptors (Lipinski definition) is 6. The van der Waals surface area contributed by atoms with Gasteiger partial charge in [-0.15, -0.1) is 11.3 Å². The molecule has 2 N–H and O–H groups in total. The van der Waals surface area contributed by atoms with Gasteiger partial charge in [0.25, 0.3) is 0 Å². The fourth-order valence-electron chi connectivity index (χ4n) is 6.79. The van der Waals surface area contributed by atoms with E-state index in [1.54, 1.807) is 11.3 Å². The molecule has 49 heavy (non-hydrogen) atoms. The molecule has 4 aromatic rings. The fourth-order valence-corrected chi connectivity index (χ4v) is 7.86. The smallest absolute Gasteiger partial charge is 0.166 e. The predicted octanol–water partition coefficient (Wildman–Crippen LogP) is 10.3. The quantitative estimate of drug-likeness (QED) is 0.206. The number of anilines is 1. The molecule has 0 aliphatic carbocycles. The SMILES string of the molecule is CC(C)(C)c1cc(C#CC(C)(C)c2ccccc2)cc(COc2cc(-c3cnc(C4CCN(C(C)(C)C)CC4)s3)cnc2N)c1C(C)(C)C. The minimum atomic E-state index is -0.288. The fraction of sp³-hybridized carbons (Fsp3) is 0.488. The second kappa shape index (κ2) is 13.9. The Bertz CT molecular complexity index is 1820. The zero-order chi connectivity index (χ0) is 35.8. The van der Waals surface area contributed by atoms with Crippen molar-refractivity contribution in [1.82, 2.24) is 14.9 Å². The van der Waals surface area contributed by atoms with E-state index in [9.17, 15) is 0 Å². The number of ether oxygens (including phenoxy) is 1. The van der Waals surface area contributed by atoms with E-state index in [1.165, 1.54) is 21.7 Å². The zero-order valence-corrected chi connectivity index (χ0v) is 32.4. The van der Waals surface area contributed by atoms with Gasteiger partial charge in [0.05, 0.1) is 15.3 Å². The summed E-state index contributed by atoms with van der Waals surface area (Å²) in [5, 5.41) is 1.21. The van der Waals surface area contributed by atoms with Gasteiger partial charge in [-0.05, 0) is 112 Å². The molecule has 0 saturated carbocycles. The van der Waals surface area contributed by atoms with Crippen LogP contribution in [0.5, 0.6) is 5.75 Å². The number of piperidine rings is 1. The summed E-state index contributed by atoms with van der Waals surface area (Å²) >= 11 is 1.77. The van der Waals surface area contributed by atoms with E-state index >= 15 is 0 Å². The maximum Gasteiger partial charge on any atom is 0.166 e. The molecule has 260 valence electrons. The van der Waals surface area contributed by atoms with E-state index < -0.39 is 0 Å². The van der Waals surface area contributed by atoms with Gasteiger partial charge in [0.15, 0.2) is 11.6 Å². The normalized spacial score (nSPS) is 15.2. The second-order valence-electron chi connectivity index (χ2n) is 17.2. The van der Waals surface area contributed by atoms with Gasteiger partial charge in [-0.2, -0.15) is 0 Å². The Labute approximate surface area is 299 Å². The lowest BCUT2D eigenvalue weighted by molar-refractivity contribution is 0.102. The molecule has 1 aliphatic heterocycles. The van der Waals surface area contributed by atoms with Crippen LogP contribution in [0.4, 0.5) is 5.82 Å². The van der Waals surface area contributed by atoms with E-state index in [1.807, 2.05) is 24.5 Å². The van der Waals surface area contributed by atoms with Gasteiger partial charge >= 0.3 is 0 Å². The summed E-state index contributed by atoms with van der Waals surface area (Å²) in [6, 6.07) is 17.0. The molecule has 0 bridgehead atoms. The van der Waals surface area contributed by atoms with Crippen LogP contribution in [0, 0.1) is 11.8 Å². The van der Waals surface area contributed by atoms with E-state index in [2.05, 4.69) is 134 Å². The van der Waals surface area contributed by atoms with Gasteiger partial charge in [-0.3, -0.25) is 4.90 Å². The molecule has 3 heterocycles. The Balaban J connectivity index is 1.43. The molecular weight excluding hydrogens is 621 g/mol. The summed E-state index contributed by atoms with van der Waals surface area (Å²) in [5.41, 5.74) is 13.0. The first-order valence-corrected chi connectivity index (χ1v) is 18.5. The maximum absolute atomic E-state index is 6.57. The van der Waals surface area contributed by atoms with Gasteiger partial charge in [-0.25, -0.2) is 9.97 Å². The molecule has 0 atom stereocenters. The van der Waals surface area contributed by atoms with Crippen LogP contribution in [0.15, 0.2) is 60.9 Å². The van der Waals surface area contributed by atoms with E-state index in [0.717, 1.165) is 47.5 Å². The second-order valence-corrected chi connectivity index (χ2v) is 18.3. The topological polar surface area (TPSA) is 64.3 Å². The van der Waals surface area contributed by atoms with E-state index in [-0.39, 0.29) is 21.8 Å². The lowest BCUT2D eigenvalue weighted by atomic mass is 9.72. The molecule has 2 aromatic heterocycles. The van der Waals surface area contributed by atoms with Crippen LogP contribution >= 0.6 is 11.3 Å². The van der Waals surface area contributed by atoms with Crippen molar-refractivity contribution in [3.8, 4) is 28.0 Å². The van der Waals surface area contributed by atoms with E-state index in [0.29, 0.717) is 24.1 Å². The number of nitrogens with two attached hydrogens (primary N) is 1. The summed E-state index contributed by atoms with van der Waals surface area (Å²) in [5.74, 6) is 8.58. The third kappa shape index (κ3) is 8.74. The van der Waals surface area contributed by atoms with Crippen molar-refractivity contribution in [3.63, 3.8) is 0 Å². The summed E-state index contributed by atoms with van der Waals surface area (Å²) < 4.78 is 6.57. The minimum absolute atomic E-state index is 0.0856. The summed E-state index contributed by atoms with van der Waals surface area (Å²) in [7, 11) is 0. The van der Waals surface area contributed by atoms with Gasteiger partial charge in [-0.1, -0.05) is 83.7 Å².